The van der Waals surface area contributed by atoms with E-state index in [0.29, 0.717) is 12.6 Å². The summed E-state index contributed by atoms with van der Waals surface area (Å²) in [5.74, 6) is 0.00325. The average molecular weight is 373 g/mol. The van der Waals surface area contributed by atoms with Gasteiger partial charge in [-0.25, -0.2) is 0 Å². The maximum Gasteiger partial charge on any atom is 0.251 e. The molecule has 3 N–H and O–H groups in total. The topological polar surface area (TPSA) is 53.2 Å². The molecule has 0 aromatic heterocycles. The predicted molar refractivity (Wildman–Crippen MR) is 85.4 cm³/mol. The van der Waals surface area contributed by atoms with Crippen molar-refractivity contribution in [1.82, 2.24) is 16.0 Å². The molecular weight excluding hydrogens is 353 g/mol. The van der Waals surface area contributed by atoms with Gasteiger partial charge < -0.3 is 16.0 Å². The van der Waals surface area contributed by atoms with Crippen LogP contribution in [0.25, 0.3) is 0 Å². The summed E-state index contributed by atoms with van der Waals surface area (Å²) in [6.45, 7) is 3.69. The summed E-state index contributed by atoms with van der Waals surface area (Å²) in [5, 5.41) is 9.76. The largest absolute Gasteiger partial charge is 0.351 e. The molecule has 1 aromatic carbocycles. The van der Waals surface area contributed by atoms with Crippen molar-refractivity contribution >= 4 is 28.5 Å². The molecule has 0 unspecified atom stereocenters. The van der Waals surface area contributed by atoms with Crippen LogP contribution in [0.3, 0.4) is 0 Å². The number of hydrogen-bond donors (Lipinski definition) is 3. The molecule has 0 atom stereocenters. The number of benzene rings is 1. The van der Waals surface area contributed by atoms with Crippen LogP contribution in [0.4, 0.5) is 0 Å². The minimum Gasteiger partial charge on any atom is -0.351 e. The SMILES string of the molecule is O=C(NCCNC1CCNCC1)c1ccc(I)cc1. The molecule has 1 fully saturated rings. The van der Waals surface area contributed by atoms with Gasteiger partial charge in [0.05, 0.1) is 0 Å². The van der Waals surface area contributed by atoms with E-state index in [1.165, 1.54) is 12.8 Å². The molecule has 0 saturated carbocycles. The second kappa shape index (κ2) is 7.81. The Kier molecular flexibility index (Phi) is 6.06. The lowest BCUT2D eigenvalue weighted by Gasteiger charge is -2.23. The first-order valence-corrected chi connectivity index (χ1v) is 7.81. The zero-order valence-corrected chi connectivity index (χ0v) is 13.1. The number of rotatable bonds is 5. The number of piperidine rings is 1. The summed E-state index contributed by atoms with van der Waals surface area (Å²) >= 11 is 2.23. The molecular formula is C14H20IN3O. The van der Waals surface area contributed by atoms with E-state index < -0.39 is 0 Å². The van der Waals surface area contributed by atoms with Crippen LogP contribution in [0.15, 0.2) is 24.3 Å². The maximum atomic E-state index is 11.9. The lowest BCUT2D eigenvalue weighted by Crippen LogP contribution is -2.42. The van der Waals surface area contributed by atoms with Crippen LogP contribution in [0.1, 0.15) is 23.2 Å². The first-order chi connectivity index (χ1) is 9.25. The Morgan fingerprint density at radius 3 is 2.58 bits per heavy atom. The van der Waals surface area contributed by atoms with E-state index in [4.69, 9.17) is 0 Å². The van der Waals surface area contributed by atoms with E-state index in [0.717, 1.165) is 28.8 Å². The van der Waals surface area contributed by atoms with Gasteiger partial charge in [-0.3, -0.25) is 4.79 Å². The molecule has 0 radical (unpaired) electrons. The van der Waals surface area contributed by atoms with Crippen LogP contribution >= 0.6 is 22.6 Å². The van der Waals surface area contributed by atoms with E-state index in [9.17, 15) is 4.79 Å². The number of hydrogen-bond acceptors (Lipinski definition) is 3. The van der Waals surface area contributed by atoms with E-state index in [1.54, 1.807) is 0 Å². The quantitative estimate of drug-likeness (QED) is 0.540. The summed E-state index contributed by atoms with van der Waals surface area (Å²) in [5.41, 5.74) is 0.724. The molecule has 104 valence electrons. The van der Waals surface area contributed by atoms with Crippen molar-refractivity contribution in [3.05, 3.63) is 33.4 Å². The van der Waals surface area contributed by atoms with Crippen molar-refractivity contribution in [3.63, 3.8) is 0 Å². The van der Waals surface area contributed by atoms with Gasteiger partial charge in [0.2, 0.25) is 0 Å². The molecule has 0 aliphatic carbocycles. The van der Waals surface area contributed by atoms with Gasteiger partial charge in [-0.15, -0.1) is 0 Å². The lowest BCUT2D eigenvalue weighted by atomic mass is 10.1. The maximum absolute atomic E-state index is 11.9. The molecule has 19 heavy (non-hydrogen) atoms. The van der Waals surface area contributed by atoms with Gasteiger partial charge in [-0.2, -0.15) is 0 Å². The second-order valence-corrected chi connectivity index (χ2v) is 5.99. The number of amides is 1. The molecule has 1 aliphatic rings. The highest BCUT2D eigenvalue weighted by Crippen LogP contribution is 2.06. The fraction of sp³-hybridized carbons (Fsp3) is 0.500. The Morgan fingerprint density at radius 1 is 1.21 bits per heavy atom. The molecule has 0 bridgehead atoms. The Labute approximate surface area is 127 Å². The third-order valence-corrected chi connectivity index (χ3v) is 4.01. The summed E-state index contributed by atoms with van der Waals surface area (Å²) in [4.78, 5) is 11.9. The van der Waals surface area contributed by atoms with E-state index >= 15 is 0 Å². The van der Waals surface area contributed by atoms with Gasteiger partial charge >= 0.3 is 0 Å². The molecule has 1 saturated heterocycles. The average Bonchev–Trinajstić information content (AvgIpc) is 2.45. The molecule has 4 nitrogen and oxygen atoms in total. The third-order valence-electron chi connectivity index (χ3n) is 3.29. The van der Waals surface area contributed by atoms with Crippen molar-refractivity contribution in [2.45, 2.75) is 18.9 Å². The third kappa shape index (κ3) is 5.08. The molecule has 1 aliphatic heterocycles. The standard InChI is InChI=1S/C14H20IN3O/c15-12-3-1-11(2-4-12)14(19)18-10-9-17-13-5-7-16-8-6-13/h1-4,13,16-17H,5-10H2,(H,18,19). The molecule has 1 amide bonds. The van der Waals surface area contributed by atoms with Crippen LogP contribution in [0.2, 0.25) is 0 Å². The Morgan fingerprint density at radius 2 is 1.89 bits per heavy atom. The lowest BCUT2D eigenvalue weighted by molar-refractivity contribution is 0.0953. The summed E-state index contributed by atoms with van der Waals surface area (Å²) in [6, 6.07) is 8.21. The molecule has 0 spiro atoms. The zero-order chi connectivity index (χ0) is 13.5. The normalized spacial score (nSPS) is 16.3. The smallest absolute Gasteiger partial charge is 0.251 e. The number of carbonyl (C=O) groups excluding carboxylic acids is 1. The summed E-state index contributed by atoms with van der Waals surface area (Å²) < 4.78 is 1.14. The first kappa shape index (κ1) is 14.7. The fourth-order valence-electron chi connectivity index (χ4n) is 2.18. The summed E-state index contributed by atoms with van der Waals surface area (Å²) in [6.07, 6.45) is 2.34. The van der Waals surface area contributed by atoms with Crippen LogP contribution in [0, 0.1) is 3.57 Å². The van der Waals surface area contributed by atoms with Gasteiger partial charge in [0.15, 0.2) is 0 Å². The van der Waals surface area contributed by atoms with E-state index in [1.807, 2.05) is 24.3 Å². The van der Waals surface area contributed by atoms with Gasteiger partial charge in [0.25, 0.3) is 5.91 Å². The van der Waals surface area contributed by atoms with Crippen molar-refractivity contribution in [2.75, 3.05) is 26.2 Å². The summed E-state index contributed by atoms with van der Waals surface area (Å²) in [7, 11) is 0. The Hall–Kier alpha value is -0.660. The second-order valence-electron chi connectivity index (χ2n) is 4.74. The van der Waals surface area contributed by atoms with Crippen LogP contribution in [0.5, 0.6) is 0 Å². The molecule has 5 heteroatoms. The van der Waals surface area contributed by atoms with Gasteiger partial charge in [0.1, 0.15) is 0 Å². The first-order valence-electron chi connectivity index (χ1n) is 6.73. The molecule has 1 heterocycles. The number of nitrogens with one attached hydrogen (secondary N) is 3. The van der Waals surface area contributed by atoms with E-state index in [2.05, 4.69) is 38.5 Å². The van der Waals surface area contributed by atoms with Crippen molar-refractivity contribution < 1.29 is 4.79 Å². The Balaban J connectivity index is 1.64. The van der Waals surface area contributed by atoms with Crippen LogP contribution in [-0.2, 0) is 0 Å². The molecule has 2 rings (SSSR count). The highest BCUT2D eigenvalue weighted by molar-refractivity contribution is 14.1. The highest BCUT2D eigenvalue weighted by Gasteiger charge is 2.11. The number of carbonyl (C=O) groups is 1. The zero-order valence-electron chi connectivity index (χ0n) is 10.9. The minimum atomic E-state index is 0.00325. The van der Waals surface area contributed by atoms with Crippen LogP contribution < -0.4 is 16.0 Å². The molecule has 1 aromatic rings. The predicted octanol–water partition coefficient (Wildman–Crippen LogP) is 1.36. The van der Waals surface area contributed by atoms with Crippen molar-refractivity contribution in [1.29, 1.82) is 0 Å². The van der Waals surface area contributed by atoms with Crippen LogP contribution in [-0.4, -0.2) is 38.1 Å². The van der Waals surface area contributed by atoms with Gasteiger partial charge in [-0.1, -0.05) is 0 Å². The fourth-order valence-corrected chi connectivity index (χ4v) is 2.54. The van der Waals surface area contributed by atoms with Crippen molar-refractivity contribution in [3.8, 4) is 0 Å². The van der Waals surface area contributed by atoms with E-state index in [-0.39, 0.29) is 5.91 Å². The van der Waals surface area contributed by atoms with Crippen molar-refractivity contribution in [2.24, 2.45) is 0 Å². The van der Waals surface area contributed by atoms with Gasteiger partial charge in [-0.05, 0) is 72.8 Å². The highest BCUT2D eigenvalue weighted by atomic mass is 127. The minimum absolute atomic E-state index is 0.00325. The van der Waals surface area contributed by atoms with Gasteiger partial charge in [0, 0.05) is 28.3 Å². The Bertz CT molecular complexity index is 402. The monoisotopic (exact) mass is 373 g/mol. The number of halogens is 1.